The number of nitrogens with one attached hydrogen (secondary N) is 2. The summed E-state index contributed by atoms with van der Waals surface area (Å²) in [6.45, 7) is 5.35. The molecule has 0 unspecified atom stereocenters. The summed E-state index contributed by atoms with van der Waals surface area (Å²) < 4.78 is 11.6. The van der Waals surface area contributed by atoms with Gasteiger partial charge in [-0.2, -0.15) is 5.26 Å². The number of aromatic nitrogens is 2. The van der Waals surface area contributed by atoms with E-state index in [0.717, 1.165) is 48.8 Å². The number of hydrogen-bond acceptors (Lipinski definition) is 8. The third-order valence-corrected chi connectivity index (χ3v) is 6.63. The summed E-state index contributed by atoms with van der Waals surface area (Å²) in [7, 11) is 0. The summed E-state index contributed by atoms with van der Waals surface area (Å²) in [6, 6.07) is 16.4. The van der Waals surface area contributed by atoms with Gasteiger partial charge in [-0.05, 0) is 34.9 Å². The van der Waals surface area contributed by atoms with Gasteiger partial charge in [-0.25, -0.2) is 9.97 Å². The van der Waals surface area contributed by atoms with Crippen molar-refractivity contribution in [3.8, 4) is 17.2 Å². The highest BCUT2D eigenvalue weighted by Gasteiger charge is 2.45. The van der Waals surface area contributed by atoms with Gasteiger partial charge >= 0.3 is 0 Å². The van der Waals surface area contributed by atoms with Crippen LogP contribution < -0.4 is 15.5 Å². The van der Waals surface area contributed by atoms with Crippen molar-refractivity contribution >= 4 is 17.3 Å². The van der Waals surface area contributed by atoms with Crippen molar-refractivity contribution in [2.24, 2.45) is 0 Å². The van der Waals surface area contributed by atoms with Crippen LogP contribution in [0.1, 0.15) is 16.7 Å². The maximum atomic E-state index is 9.48. The number of hydrogen-bond donors (Lipinski definition) is 2. The number of nitriles is 1. The summed E-state index contributed by atoms with van der Waals surface area (Å²) in [6.07, 6.45) is 1.57. The first-order valence-electron chi connectivity index (χ1n) is 11.2. The Balaban J connectivity index is 1.34. The standard InChI is InChI=1S/C25H24N6O2/c26-12-17-1-3-20(18-2-4-21-19(10-18)13-33-25(21)14-27-15-25)22(9-17)30-23-11-24(29-16-28-23)31-5-7-32-8-6-31/h1-4,9-11,16,27H,5-8,13-15H2,(H,28,29,30). The zero-order chi connectivity index (χ0) is 22.3. The Kier molecular flexibility index (Phi) is 4.95. The van der Waals surface area contributed by atoms with Crippen LogP contribution in [0.5, 0.6) is 0 Å². The largest absolute Gasteiger partial charge is 0.378 e. The Morgan fingerprint density at radius 3 is 2.73 bits per heavy atom. The van der Waals surface area contributed by atoms with Crippen molar-refractivity contribution in [2.45, 2.75) is 12.2 Å². The zero-order valence-corrected chi connectivity index (χ0v) is 18.2. The maximum Gasteiger partial charge on any atom is 0.135 e. The molecule has 2 N–H and O–H groups in total. The molecule has 0 saturated carbocycles. The molecule has 2 saturated heterocycles. The van der Waals surface area contributed by atoms with Crippen molar-refractivity contribution in [3.05, 3.63) is 65.5 Å². The van der Waals surface area contributed by atoms with Crippen molar-refractivity contribution in [1.29, 1.82) is 5.26 Å². The number of nitrogens with zero attached hydrogens (tertiary/aromatic N) is 4. The van der Waals surface area contributed by atoms with Crippen LogP contribution in [0.4, 0.5) is 17.3 Å². The first-order valence-corrected chi connectivity index (χ1v) is 11.2. The van der Waals surface area contributed by atoms with Crippen LogP contribution in [0.25, 0.3) is 11.1 Å². The highest BCUT2D eigenvalue weighted by Crippen LogP contribution is 2.42. The van der Waals surface area contributed by atoms with Gasteiger partial charge < -0.3 is 25.0 Å². The number of morpholine rings is 1. The van der Waals surface area contributed by atoms with E-state index >= 15 is 0 Å². The molecule has 8 heteroatoms. The molecule has 8 nitrogen and oxygen atoms in total. The van der Waals surface area contributed by atoms with Crippen molar-refractivity contribution < 1.29 is 9.47 Å². The summed E-state index contributed by atoms with van der Waals surface area (Å²) in [5.74, 6) is 1.55. The third kappa shape index (κ3) is 3.60. The summed E-state index contributed by atoms with van der Waals surface area (Å²) in [4.78, 5) is 11.0. The van der Waals surface area contributed by atoms with Gasteiger partial charge in [-0.3, -0.25) is 0 Å². The van der Waals surface area contributed by atoms with Crippen LogP contribution >= 0.6 is 0 Å². The van der Waals surface area contributed by atoms with E-state index in [-0.39, 0.29) is 5.60 Å². The molecular formula is C25H24N6O2. The predicted molar refractivity (Wildman–Crippen MR) is 124 cm³/mol. The molecule has 3 aromatic rings. The fourth-order valence-electron chi connectivity index (χ4n) is 4.75. The molecule has 0 aliphatic carbocycles. The summed E-state index contributed by atoms with van der Waals surface area (Å²) in [5, 5.41) is 16.2. The summed E-state index contributed by atoms with van der Waals surface area (Å²) >= 11 is 0. The fourth-order valence-corrected chi connectivity index (χ4v) is 4.75. The zero-order valence-electron chi connectivity index (χ0n) is 18.2. The molecule has 1 aromatic heterocycles. The Hall–Kier alpha value is -3.51. The van der Waals surface area contributed by atoms with Gasteiger partial charge in [0.2, 0.25) is 0 Å². The quantitative estimate of drug-likeness (QED) is 0.640. The first-order chi connectivity index (χ1) is 16.2. The van der Waals surface area contributed by atoms with E-state index < -0.39 is 0 Å². The second kappa shape index (κ2) is 8.12. The smallest absolute Gasteiger partial charge is 0.135 e. The first kappa shape index (κ1) is 20.1. The minimum absolute atomic E-state index is 0.156. The number of fused-ring (bicyclic) bond motifs is 2. The highest BCUT2D eigenvalue weighted by atomic mass is 16.5. The van der Waals surface area contributed by atoms with Crippen molar-refractivity contribution in [2.75, 3.05) is 49.6 Å². The maximum absolute atomic E-state index is 9.48. The molecule has 6 rings (SSSR count). The molecule has 0 radical (unpaired) electrons. The normalized spacial score (nSPS) is 18.5. The van der Waals surface area contributed by atoms with Crippen LogP contribution in [-0.4, -0.2) is 49.4 Å². The number of rotatable bonds is 4. The highest BCUT2D eigenvalue weighted by molar-refractivity contribution is 5.82. The molecule has 2 fully saturated rings. The van der Waals surface area contributed by atoms with Gasteiger partial charge in [0.15, 0.2) is 0 Å². The number of ether oxygens (including phenoxy) is 2. The van der Waals surface area contributed by atoms with Crippen LogP contribution in [0, 0.1) is 11.3 Å². The molecule has 3 aliphatic heterocycles. The topological polar surface area (TPSA) is 95.3 Å². The van der Waals surface area contributed by atoms with Gasteiger partial charge in [0.25, 0.3) is 0 Å². The lowest BCUT2D eigenvalue weighted by Crippen LogP contribution is -2.56. The molecule has 0 atom stereocenters. The van der Waals surface area contributed by atoms with Gasteiger partial charge in [-0.1, -0.05) is 18.2 Å². The minimum Gasteiger partial charge on any atom is -0.378 e. The van der Waals surface area contributed by atoms with E-state index in [2.05, 4.69) is 49.8 Å². The van der Waals surface area contributed by atoms with Gasteiger partial charge in [-0.15, -0.1) is 0 Å². The molecule has 166 valence electrons. The molecule has 0 amide bonds. The number of benzene rings is 2. The van der Waals surface area contributed by atoms with Crippen molar-refractivity contribution in [3.63, 3.8) is 0 Å². The Labute approximate surface area is 192 Å². The predicted octanol–water partition coefficient (Wildman–Crippen LogP) is 2.92. The van der Waals surface area contributed by atoms with Crippen LogP contribution in [0.15, 0.2) is 48.8 Å². The molecule has 33 heavy (non-hydrogen) atoms. The SMILES string of the molecule is N#Cc1ccc(-c2ccc3c(c2)COC32CNC2)c(Nc2cc(N3CCOCC3)ncn2)c1. The van der Waals surface area contributed by atoms with Crippen molar-refractivity contribution in [1.82, 2.24) is 15.3 Å². The molecule has 0 bridgehead atoms. The molecule has 4 heterocycles. The lowest BCUT2D eigenvalue weighted by molar-refractivity contribution is -0.0746. The monoisotopic (exact) mass is 440 g/mol. The van der Waals surface area contributed by atoms with Crippen LogP contribution in [0.2, 0.25) is 0 Å². The van der Waals surface area contributed by atoms with E-state index in [4.69, 9.17) is 9.47 Å². The fraction of sp³-hybridized carbons (Fsp3) is 0.320. The van der Waals surface area contributed by atoms with E-state index in [1.165, 1.54) is 11.1 Å². The molecular weight excluding hydrogens is 416 g/mol. The molecule has 1 spiro atoms. The van der Waals surface area contributed by atoms with Gasteiger partial charge in [0.1, 0.15) is 23.6 Å². The lowest BCUT2D eigenvalue weighted by Gasteiger charge is -2.39. The Bertz CT molecular complexity index is 1240. The minimum atomic E-state index is -0.156. The second-order valence-electron chi connectivity index (χ2n) is 8.62. The van der Waals surface area contributed by atoms with Crippen LogP contribution in [-0.2, 0) is 21.7 Å². The Morgan fingerprint density at radius 1 is 1.06 bits per heavy atom. The van der Waals surface area contributed by atoms with E-state index in [1.807, 2.05) is 24.3 Å². The average molecular weight is 441 g/mol. The lowest BCUT2D eigenvalue weighted by atomic mass is 9.86. The Morgan fingerprint density at radius 2 is 1.94 bits per heavy atom. The van der Waals surface area contributed by atoms with Gasteiger partial charge in [0, 0.05) is 43.5 Å². The third-order valence-electron chi connectivity index (χ3n) is 6.63. The van der Waals surface area contributed by atoms with Crippen LogP contribution in [0.3, 0.4) is 0 Å². The van der Waals surface area contributed by atoms with Gasteiger partial charge in [0.05, 0.1) is 31.5 Å². The van der Waals surface area contributed by atoms with E-state index in [1.54, 1.807) is 6.33 Å². The molecule has 3 aliphatic rings. The van der Waals surface area contributed by atoms with E-state index in [9.17, 15) is 5.26 Å². The van der Waals surface area contributed by atoms with E-state index in [0.29, 0.717) is 31.2 Å². The second-order valence-corrected chi connectivity index (χ2v) is 8.62. The number of anilines is 3. The summed E-state index contributed by atoms with van der Waals surface area (Å²) in [5.41, 5.74) is 5.86. The molecule has 2 aromatic carbocycles. The average Bonchev–Trinajstić information content (AvgIpc) is 3.24.